The molecule has 0 N–H and O–H groups in total. The van der Waals surface area contributed by atoms with Crippen molar-refractivity contribution in [3.05, 3.63) is 30.9 Å². The number of unbranched alkanes of at least 4 members (excludes halogenated alkanes) is 12. The lowest BCUT2D eigenvalue weighted by Gasteiger charge is -2.02. The highest BCUT2D eigenvalue weighted by Crippen LogP contribution is 2.09. The van der Waals surface area contributed by atoms with Gasteiger partial charge in [0.25, 0.3) is 0 Å². The van der Waals surface area contributed by atoms with Crippen LogP contribution in [0.3, 0.4) is 0 Å². The van der Waals surface area contributed by atoms with Crippen LogP contribution in [0.2, 0.25) is 0 Å². The van der Waals surface area contributed by atoms with E-state index >= 15 is 0 Å². The van der Waals surface area contributed by atoms with Gasteiger partial charge in [0.2, 0.25) is 6.33 Å². The van der Waals surface area contributed by atoms with Crippen molar-refractivity contribution in [1.29, 1.82) is 0 Å². The molecule has 158 valence electrons. The van der Waals surface area contributed by atoms with E-state index in [0.29, 0.717) is 6.73 Å². The van der Waals surface area contributed by atoms with Gasteiger partial charge >= 0.3 is 0 Å². The molecule has 0 saturated carbocycles. The number of rotatable bonds is 18. The Morgan fingerprint density at radius 2 is 1.37 bits per heavy atom. The van der Waals surface area contributed by atoms with Crippen molar-refractivity contribution in [2.45, 2.75) is 104 Å². The molecule has 27 heavy (non-hydrogen) atoms. The van der Waals surface area contributed by atoms with Crippen molar-refractivity contribution in [1.82, 2.24) is 4.57 Å². The molecule has 0 amide bonds. The van der Waals surface area contributed by atoms with Crippen molar-refractivity contribution in [3.63, 3.8) is 0 Å². The maximum absolute atomic E-state index is 5.69. The summed E-state index contributed by atoms with van der Waals surface area (Å²) in [4.78, 5) is 0. The lowest BCUT2D eigenvalue weighted by atomic mass is 10.1. The highest BCUT2D eigenvalue weighted by atomic mass is 79.9. The van der Waals surface area contributed by atoms with Crippen LogP contribution in [0.1, 0.15) is 96.8 Å². The Morgan fingerprint density at radius 1 is 0.815 bits per heavy atom. The van der Waals surface area contributed by atoms with E-state index < -0.39 is 0 Å². The number of nitrogens with zero attached hydrogens (tertiary/aromatic N) is 2. The van der Waals surface area contributed by atoms with Gasteiger partial charge in [0.15, 0.2) is 6.73 Å². The van der Waals surface area contributed by atoms with Gasteiger partial charge in [0, 0.05) is 0 Å². The lowest BCUT2D eigenvalue weighted by molar-refractivity contribution is -0.732. The molecule has 3 nitrogen and oxygen atoms in total. The van der Waals surface area contributed by atoms with Gasteiger partial charge in [0.1, 0.15) is 12.4 Å². The molecule has 4 heteroatoms. The van der Waals surface area contributed by atoms with Gasteiger partial charge < -0.3 is 21.7 Å². The first-order valence-electron chi connectivity index (χ1n) is 11.1. The zero-order valence-electron chi connectivity index (χ0n) is 17.9. The Balaban J connectivity index is 0.00000676. The predicted octanol–water partition coefficient (Wildman–Crippen LogP) is 3.33. The second-order valence-electron chi connectivity index (χ2n) is 7.57. The molecule has 0 aliphatic heterocycles. The van der Waals surface area contributed by atoms with Crippen LogP contribution in [0.15, 0.2) is 30.9 Å². The summed E-state index contributed by atoms with van der Waals surface area (Å²) in [6.45, 7) is 3.83. The minimum absolute atomic E-state index is 0. The normalized spacial score (nSPS) is 11.2. The van der Waals surface area contributed by atoms with E-state index in [4.69, 9.17) is 4.74 Å². The molecule has 0 fully saturated rings. The molecule has 0 saturated heterocycles. The number of halogens is 1. The SMILES string of the molecule is CCCCCCCCC=CCCCCCCCCOC[n+]1ccn(C)c1.[Br-]. The Bertz CT molecular complexity index is 445. The molecule has 0 bridgehead atoms. The Labute approximate surface area is 179 Å². The van der Waals surface area contributed by atoms with Crippen LogP contribution in [-0.2, 0) is 18.5 Å². The summed E-state index contributed by atoms with van der Waals surface area (Å²) in [5.74, 6) is 0. The third-order valence-corrected chi connectivity index (χ3v) is 4.86. The predicted molar refractivity (Wildman–Crippen MR) is 111 cm³/mol. The Hall–Kier alpha value is -0.610. The van der Waals surface area contributed by atoms with E-state index in [1.54, 1.807) is 0 Å². The van der Waals surface area contributed by atoms with Crippen LogP contribution in [0.25, 0.3) is 0 Å². The fraction of sp³-hybridized carbons (Fsp3) is 0.783. The zero-order valence-corrected chi connectivity index (χ0v) is 19.5. The summed E-state index contributed by atoms with van der Waals surface area (Å²) in [7, 11) is 2.03. The number of aromatic nitrogens is 2. The minimum atomic E-state index is 0. The number of aryl methyl sites for hydroxylation is 1. The second kappa shape index (κ2) is 20.1. The van der Waals surface area contributed by atoms with Gasteiger partial charge in [-0.3, -0.25) is 0 Å². The van der Waals surface area contributed by atoms with E-state index in [9.17, 15) is 0 Å². The molecule has 1 aromatic rings. The average Bonchev–Trinajstić information content (AvgIpc) is 3.06. The van der Waals surface area contributed by atoms with Gasteiger partial charge in [-0.2, -0.15) is 0 Å². The van der Waals surface area contributed by atoms with Crippen LogP contribution >= 0.6 is 0 Å². The quantitative estimate of drug-likeness (QED) is 0.193. The van der Waals surface area contributed by atoms with Crippen LogP contribution in [0.5, 0.6) is 0 Å². The van der Waals surface area contributed by atoms with E-state index in [-0.39, 0.29) is 17.0 Å². The van der Waals surface area contributed by atoms with Crippen molar-refractivity contribution in [2.24, 2.45) is 7.05 Å². The van der Waals surface area contributed by atoms with Crippen molar-refractivity contribution in [2.75, 3.05) is 6.61 Å². The molecule has 1 aromatic heterocycles. The molecular formula is C23H43BrN2O. The standard InChI is InChI=1S/C23H43N2O.BrH/c1-3-4-5-6-7-8-9-10-11-12-13-14-15-16-17-18-21-26-23-25-20-19-24(2)22-25;/h10-11,19-20,22H,3-9,12-18,21,23H2,1-2H3;1H/q+1;/p-1. The summed E-state index contributed by atoms with van der Waals surface area (Å²) < 4.78 is 9.80. The first kappa shape index (κ1) is 26.4. The summed E-state index contributed by atoms with van der Waals surface area (Å²) in [6, 6.07) is 0. The second-order valence-corrected chi connectivity index (χ2v) is 7.57. The van der Waals surface area contributed by atoms with Gasteiger partial charge in [-0.1, -0.05) is 76.9 Å². The molecule has 0 aromatic carbocycles. The van der Waals surface area contributed by atoms with Crippen LogP contribution < -0.4 is 21.5 Å². The molecule has 0 radical (unpaired) electrons. The number of hydrogen-bond donors (Lipinski definition) is 0. The Kier molecular flexibility index (Phi) is 19.7. The third kappa shape index (κ3) is 17.2. The van der Waals surface area contributed by atoms with Crippen molar-refractivity contribution in [3.8, 4) is 0 Å². The molecule has 0 spiro atoms. The van der Waals surface area contributed by atoms with Gasteiger partial charge in [-0.05, 0) is 32.1 Å². The van der Waals surface area contributed by atoms with Crippen LogP contribution in [0, 0.1) is 0 Å². The highest BCUT2D eigenvalue weighted by molar-refractivity contribution is 4.81. The molecule has 0 atom stereocenters. The Morgan fingerprint density at radius 3 is 1.93 bits per heavy atom. The summed E-state index contributed by atoms with van der Waals surface area (Å²) in [5, 5.41) is 0. The maximum Gasteiger partial charge on any atom is 0.245 e. The van der Waals surface area contributed by atoms with Crippen molar-refractivity contribution >= 4 is 0 Å². The highest BCUT2D eigenvalue weighted by Gasteiger charge is 1.99. The maximum atomic E-state index is 5.69. The first-order valence-corrected chi connectivity index (χ1v) is 11.1. The van der Waals surface area contributed by atoms with E-state index in [1.807, 2.05) is 30.3 Å². The number of imidazole rings is 1. The largest absolute Gasteiger partial charge is 1.00 e. The van der Waals surface area contributed by atoms with Crippen LogP contribution in [0.4, 0.5) is 0 Å². The van der Waals surface area contributed by atoms with Crippen LogP contribution in [-0.4, -0.2) is 11.2 Å². The van der Waals surface area contributed by atoms with E-state index in [1.165, 1.54) is 89.9 Å². The van der Waals surface area contributed by atoms with Gasteiger partial charge in [-0.15, -0.1) is 0 Å². The smallest absolute Gasteiger partial charge is 0.245 e. The number of ether oxygens (including phenoxy) is 1. The molecule has 0 aliphatic carbocycles. The number of hydrogen-bond acceptors (Lipinski definition) is 1. The molecule has 0 aliphatic rings. The summed E-state index contributed by atoms with van der Waals surface area (Å²) >= 11 is 0. The molecule has 1 heterocycles. The fourth-order valence-corrected chi connectivity index (χ4v) is 3.20. The summed E-state index contributed by atoms with van der Waals surface area (Å²) in [5.41, 5.74) is 0. The van der Waals surface area contributed by atoms with Crippen molar-refractivity contribution < 1.29 is 26.3 Å². The van der Waals surface area contributed by atoms with E-state index in [0.717, 1.165) is 6.61 Å². The monoisotopic (exact) mass is 442 g/mol. The fourth-order valence-electron chi connectivity index (χ4n) is 3.20. The van der Waals surface area contributed by atoms with Gasteiger partial charge in [0.05, 0.1) is 13.7 Å². The van der Waals surface area contributed by atoms with Gasteiger partial charge in [-0.25, -0.2) is 9.13 Å². The lowest BCUT2D eigenvalue weighted by Crippen LogP contribution is -3.00. The first-order chi connectivity index (χ1) is 12.8. The molecule has 0 unspecified atom stereocenters. The zero-order chi connectivity index (χ0) is 18.7. The average molecular weight is 444 g/mol. The summed E-state index contributed by atoms with van der Waals surface area (Å²) in [6.07, 6.45) is 29.8. The topological polar surface area (TPSA) is 18.0 Å². The minimum Gasteiger partial charge on any atom is -1.00 e. The molecular weight excluding hydrogens is 400 g/mol. The number of allylic oxidation sites excluding steroid dienone is 2. The third-order valence-electron chi connectivity index (χ3n) is 4.86. The van der Waals surface area contributed by atoms with E-state index in [2.05, 4.69) is 23.6 Å². The molecule has 1 rings (SSSR count).